The molecular formula is C21H41N5O11. The van der Waals surface area contributed by atoms with E-state index in [1.165, 1.54) is 0 Å². The van der Waals surface area contributed by atoms with Crippen LogP contribution in [-0.2, 0) is 23.7 Å². The van der Waals surface area contributed by atoms with E-state index in [0.717, 1.165) is 0 Å². The van der Waals surface area contributed by atoms with E-state index in [-0.39, 0.29) is 12.8 Å². The molecule has 4 fully saturated rings. The van der Waals surface area contributed by atoms with Crippen molar-refractivity contribution in [2.75, 3.05) is 13.7 Å². The zero-order valence-corrected chi connectivity index (χ0v) is 20.5. The normalized spacial score (nSPS) is 55.1. The molecule has 1 aliphatic carbocycles. The number of fused-ring (bicyclic) bond motifs is 1. The van der Waals surface area contributed by atoms with Gasteiger partial charge in [-0.1, -0.05) is 0 Å². The van der Waals surface area contributed by atoms with Gasteiger partial charge in [-0.3, -0.25) is 0 Å². The first-order valence-electron chi connectivity index (χ1n) is 12.5. The second-order valence-corrected chi connectivity index (χ2v) is 10.3. The first-order chi connectivity index (χ1) is 17.5. The summed E-state index contributed by atoms with van der Waals surface area (Å²) >= 11 is 0. The second-order valence-electron chi connectivity index (χ2n) is 10.3. The summed E-state index contributed by atoms with van der Waals surface area (Å²) in [6.45, 7) is -0.508. The average molecular weight is 540 g/mol. The number of nitrogens with one attached hydrogen (secondary N) is 1. The van der Waals surface area contributed by atoms with Gasteiger partial charge >= 0.3 is 0 Å². The van der Waals surface area contributed by atoms with Crippen LogP contribution in [0.15, 0.2) is 0 Å². The number of ether oxygens (including phenoxy) is 5. The van der Waals surface area contributed by atoms with Crippen molar-refractivity contribution in [1.29, 1.82) is 0 Å². The number of hydrogen-bond acceptors (Lipinski definition) is 16. The summed E-state index contributed by atoms with van der Waals surface area (Å²) in [6.07, 6.45) is -13.7. The van der Waals surface area contributed by atoms with Gasteiger partial charge in [-0.15, -0.1) is 0 Å². The third-order valence-electron chi connectivity index (χ3n) is 7.74. The number of likely N-dealkylation sites (N-methyl/N-ethyl adjacent to an activating group) is 1. The fourth-order valence-corrected chi connectivity index (χ4v) is 5.46. The third-order valence-corrected chi connectivity index (χ3v) is 7.74. The summed E-state index contributed by atoms with van der Waals surface area (Å²) in [5.41, 5.74) is 24.0. The lowest BCUT2D eigenvalue weighted by Gasteiger charge is -2.51. The van der Waals surface area contributed by atoms with Crippen LogP contribution in [0.2, 0.25) is 0 Å². The van der Waals surface area contributed by atoms with Crippen molar-refractivity contribution in [3.8, 4) is 0 Å². The van der Waals surface area contributed by atoms with Gasteiger partial charge in [0.05, 0.1) is 36.9 Å². The van der Waals surface area contributed by atoms with E-state index in [4.69, 9.17) is 46.6 Å². The summed E-state index contributed by atoms with van der Waals surface area (Å²) in [5.74, 6) is 0. The maximum absolute atomic E-state index is 11.1. The van der Waals surface area contributed by atoms with Crippen molar-refractivity contribution in [1.82, 2.24) is 5.32 Å². The fourth-order valence-electron chi connectivity index (χ4n) is 5.46. The summed E-state index contributed by atoms with van der Waals surface area (Å²) in [5, 5.41) is 64.7. The van der Waals surface area contributed by atoms with E-state index in [1.807, 2.05) is 0 Å². The Morgan fingerprint density at radius 1 is 0.730 bits per heavy atom. The summed E-state index contributed by atoms with van der Waals surface area (Å²) in [6, 6.07) is -4.05. The lowest BCUT2D eigenvalue weighted by atomic mass is 9.84. The molecule has 4 rings (SSSR count). The molecule has 0 aromatic heterocycles. The molecule has 0 amide bonds. The molecule has 1 unspecified atom stereocenters. The maximum atomic E-state index is 11.1. The molecule has 37 heavy (non-hydrogen) atoms. The maximum Gasteiger partial charge on any atom is 0.189 e. The van der Waals surface area contributed by atoms with Crippen LogP contribution in [0.4, 0.5) is 0 Å². The van der Waals surface area contributed by atoms with Crippen LogP contribution in [0.25, 0.3) is 0 Å². The molecule has 0 aromatic rings. The molecule has 0 aromatic carbocycles. The van der Waals surface area contributed by atoms with Gasteiger partial charge in [0.15, 0.2) is 18.9 Å². The van der Waals surface area contributed by atoms with Gasteiger partial charge < -0.3 is 82.6 Å². The Balaban J connectivity index is 1.43. The van der Waals surface area contributed by atoms with Crippen molar-refractivity contribution in [3.63, 3.8) is 0 Å². The van der Waals surface area contributed by atoms with E-state index in [1.54, 1.807) is 7.05 Å². The molecule has 0 spiro atoms. The first-order valence-corrected chi connectivity index (χ1v) is 12.5. The number of hydrogen-bond donors (Lipinski definition) is 11. The number of nitrogens with two attached hydrogens (primary N) is 4. The Morgan fingerprint density at radius 3 is 2.08 bits per heavy atom. The minimum absolute atomic E-state index is 0.156. The largest absolute Gasteiger partial charge is 0.394 e. The lowest BCUT2D eigenvalue weighted by Crippen LogP contribution is -2.70. The Labute approximate surface area is 213 Å². The van der Waals surface area contributed by atoms with Crippen LogP contribution in [0.5, 0.6) is 0 Å². The highest BCUT2D eigenvalue weighted by Crippen LogP contribution is 2.35. The van der Waals surface area contributed by atoms with Crippen LogP contribution in [0, 0.1) is 0 Å². The van der Waals surface area contributed by atoms with Gasteiger partial charge in [-0.25, -0.2) is 0 Å². The van der Waals surface area contributed by atoms with Gasteiger partial charge in [0.25, 0.3) is 0 Å². The van der Waals surface area contributed by atoms with E-state index in [9.17, 15) is 30.6 Å². The van der Waals surface area contributed by atoms with Crippen molar-refractivity contribution < 1.29 is 54.3 Å². The number of aliphatic hydroxyl groups excluding tert-OH is 6. The van der Waals surface area contributed by atoms with Gasteiger partial charge in [0, 0.05) is 12.1 Å². The minimum Gasteiger partial charge on any atom is -0.394 e. The third kappa shape index (κ3) is 5.66. The quantitative estimate of drug-likeness (QED) is 0.149. The second kappa shape index (κ2) is 11.8. The SMILES string of the molecule is CN[C@@H]1[C@@H](O[C@H]2O[C@H](CO)[C@@H](N)[C@H](O)[C@H]2O)O[C@H]2C[C@@H](N)[C@@H](O[C@H]3[C@H](O)[C@@H](O)[C@H](N)C[C@@H]3N)OC2[C@@H]1O. The molecule has 3 aliphatic heterocycles. The predicted octanol–water partition coefficient (Wildman–Crippen LogP) is -6.95. The molecule has 3 heterocycles. The highest BCUT2D eigenvalue weighted by atomic mass is 16.8. The van der Waals surface area contributed by atoms with Crippen molar-refractivity contribution >= 4 is 0 Å². The Kier molecular flexibility index (Phi) is 9.40. The van der Waals surface area contributed by atoms with Gasteiger partial charge in [0.1, 0.15) is 42.7 Å². The van der Waals surface area contributed by atoms with Gasteiger partial charge in [0.2, 0.25) is 0 Å². The summed E-state index contributed by atoms with van der Waals surface area (Å²) in [4.78, 5) is 0. The highest BCUT2D eigenvalue weighted by molar-refractivity contribution is 5.01. The molecule has 16 nitrogen and oxygen atoms in total. The fraction of sp³-hybridized carbons (Fsp3) is 1.00. The lowest BCUT2D eigenvalue weighted by molar-refractivity contribution is -0.373. The number of rotatable bonds is 6. The van der Waals surface area contributed by atoms with E-state index in [2.05, 4.69) is 5.32 Å². The van der Waals surface area contributed by atoms with Crippen molar-refractivity contribution in [3.05, 3.63) is 0 Å². The minimum atomic E-state index is -1.54. The van der Waals surface area contributed by atoms with Crippen molar-refractivity contribution in [2.45, 2.75) is 117 Å². The van der Waals surface area contributed by atoms with Crippen LogP contribution >= 0.6 is 0 Å². The smallest absolute Gasteiger partial charge is 0.189 e. The number of aliphatic hydroxyl groups is 6. The Bertz CT molecular complexity index is 756. The molecule has 3 saturated heterocycles. The predicted molar refractivity (Wildman–Crippen MR) is 123 cm³/mol. The van der Waals surface area contributed by atoms with E-state index < -0.39 is 111 Å². The van der Waals surface area contributed by atoms with E-state index >= 15 is 0 Å². The molecule has 0 bridgehead atoms. The highest BCUT2D eigenvalue weighted by Gasteiger charge is 2.54. The Hall–Kier alpha value is -0.640. The summed E-state index contributed by atoms with van der Waals surface area (Å²) < 4.78 is 29.2. The van der Waals surface area contributed by atoms with Crippen LogP contribution in [-0.4, -0.2) is 148 Å². The van der Waals surface area contributed by atoms with Crippen LogP contribution in [0.1, 0.15) is 12.8 Å². The molecule has 1 saturated carbocycles. The molecule has 0 radical (unpaired) electrons. The molecular weight excluding hydrogens is 498 g/mol. The zero-order valence-electron chi connectivity index (χ0n) is 20.5. The molecule has 216 valence electrons. The summed E-state index contributed by atoms with van der Waals surface area (Å²) in [7, 11) is 1.55. The van der Waals surface area contributed by atoms with Crippen LogP contribution in [0.3, 0.4) is 0 Å². The van der Waals surface area contributed by atoms with Gasteiger partial charge in [-0.05, 0) is 19.9 Å². The zero-order chi connectivity index (χ0) is 27.2. The standard InChI is InChI=1S/C21H41N5O11/c1-26-11-14(30)18-8(33-20(11)37-21-16(32)13(29)10(25)9(4-27)34-21)3-7(24)19(36-18)35-17-6(23)2-5(22)12(28)15(17)31/h5-21,26-32H,2-4,22-25H2,1H3/t5-,6+,7-,8+,9-,10-,11+,12+,13+,14-,15-,16-,17-,18?,19+,20-,21-/m1/s1. The molecule has 4 aliphatic rings. The monoisotopic (exact) mass is 539 g/mol. The van der Waals surface area contributed by atoms with Crippen molar-refractivity contribution in [2.24, 2.45) is 22.9 Å². The molecule has 16 heteroatoms. The Morgan fingerprint density at radius 2 is 1.43 bits per heavy atom. The first kappa shape index (κ1) is 29.3. The van der Waals surface area contributed by atoms with Gasteiger partial charge in [-0.2, -0.15) is 0 Å². The topological polar surface area (TPSA) is 284 Å². The molecule has 17 atom stereocenters. The average Bonchev–Trinajstić information content (AvgIpc) is 2.86. The van der Waals surface area contributed by atoms with Crippen LogP contribution < -0.4 is 28.3 Å². The molecule has 15 N–H and O–H groups in total. The van der Waals surface area contributed by atoms with E-state index in [0.29, 0.717) is 0 Å².